The summed E-state index contributed by atoms with van der Waals surface area (Å²) in [4.78, 5) is 0. The second-order valence-electron chi connectivity index (χ2n) is 5.03. The number of hydrogen-bond donors (Lipinski definition) is 1. The summed E-state index contributed by atoms with van der Waals surface area (Å²) in [5.41, 5.74) is 3.02. The highest BCUT2D eigenvalue weighted by Crippen LogP contribution is 2.19. The van der Waals surface area contributed by atoms with Gasteiger partial charge in [-0.2, -0.15) is 5.10 Å². The summed E-state index contributed by atoms with van der Waals surface area (Å²) in [5.74, 6) is -0.211. The highest BCUT2D eigenvalue weighted by molar-refractivity contribution is 5.82. The van der Waals surface area contributed by atoms with Gasteiger partial charge in [0, 0.05) is 11.9 Å². The van der Waals surface area contributed by atoms with Crippen molar-refractivity contribution in [1.82, 2.24) is 15.1 Å². The van der Waals surface area contributed by atoms with E-state index in [0.717, 1.165) is 35.2 Å². The van der Waals surface area contributed by atoms with E-state index in [2.05, 4.69) is 29.5 Å². The van der Waals surface area contributed by atoms with Crippen molar-refractivity contribution in [3.05, 3.63) is 65.6 Å². The molecule has 0 fully saturated rings. The zero-order valence-corrected chi connectivity index (χ0v) is 12.0. The largest absolute Gasteiger partial charge is 0.311 e. The molecule has 4 heteroatoms. The molecule has 0 spiro atoms. The zero-order chi connectivity index (χ0) is 14.7. The van der Waals surface area contributed by atoms with Gasteiger partial charge in [-0.3, -0.25) is 4.68 Å². The molecule has 3 aromatic rings. The quantitative estimate of drug-likeness (QED) is 0.778. The van der Waals surface area contributed by atoms with Crippen LogP contribution in [0, 0.1) is 5.82 Å². The molecule has 0 aliphatic carbocycles. The number of benzene rings is 2. The van der Waals surface area contributed by atoms with Crippen LogP contribution in [0.2, 0.25) is 0 Å². The number of fused-ring (bicyclic) bond motifs is 1. The Kier molecular flexibility index (Phi) is 3.97. The molecule has 0 saturated carbocycles. The molecule has 0 aliphatic heterocycles. The number of aromatic nitrogens is 2. The van der Waals surface area contributed by atoms with Crippen LogP contribution >= 0.6 is 0 Å². The van der Waals surface area contributed by atoms with Gasteiger partial charge in [-0.15, -0.1) is 0 Å². The van der Waals surface area contributed by atoms with Crippen LogP contribution in [-0.4, -0.2) is 16.3 Å². The first-order valence-electron chi connectivity index (χ1n) is 7.17. The molecule has 0 radical (unpaired) electrons. The number of hydrogen-bond acceptors (Lipinski definition) is 2. The van der Waals surface area contributed by atoms with E-state index in [4.69, 9.17) is 0 Å². The monoisotopic (exact) mass is 283 g/mol. The fraction of sp³-hybridized carbons (Fsp3) is 0.235. The third-order valence-corrected chi connectivity index (χ3v) is 3.50. The number of rotatable bonds is 5. The van der Waals surface area contributed by atoms with Gasteiger partial charge < -0.3 is 5.32 Å². The summed E-state index contributed by atoms with van der Waals surface area (Å²) >= 11 is 0. The van der Waals surface area contributed by atoms with Crippen LogP contribution in [0.25, 0.3) is 10.9 Å². The lowest BCUT2D eigenvalue weighted by Gasteiger charge is -2.04. The van der Waals surface area contributed by atoms with Crippen molar-refractivity contribution in [2.45, 2.75) is 20.0 Å². The first-order chi connectivity index (χ1) is 10.3. The Labute approximate surface area is 123 Å². The van der Waals surface area contributed by atoms with Gasteiger partial charge in [0.05, 0.1) is 17.8 Å². The molecule has 3 nitrogen and oxygen atoms in total. The molecule has 2 aromatic carbocycles. The van der Waals surface area contributed by atoms with Crippen molar-refractivity contribution in [1.29, 1.82) is 0 Å². The van der Waals surface area contributed by atoms with Crippen LogP contribution in [0.1, 0.15) is 18.2 Å². The Morgan fingerprint density at radius 3 is 2.81 bits per heavy atom. The van der Waals surface area contributed by atoms with Gasteiger partial charge in [-0.1, -0.05) is 37.3 Å². The molecule has 3 rings (SSSR count). The molecular weight excluding hydrogens is 265 g/mol. The molecule has 0 atom stereocenters. The molecule has 1 N–H and O–H groups in total. The Hall–Kier alpha value is -2.20. The van der Waals surface area contributed by atoms with Gasteiger partial charge in [0.2, 0.25) is 0 Å². The van der Waals surface area contributed by atoms with Crippen molar-refractivity contribution >= 4 is 10.9 Å². The number of para-hydroxylation sites is 1. The summed E-state index contributed by atoms with van der Waals surface area (Å²) < 4.78 is 15.3. The zero-order valence-electron chi connectivity index (χ0n) is 12.0. The molecule has 108 valence electrons. The van der Waals surface area contributed by atoms with Crippen LogP contribution in [-0.2, 0) is 13.1 Å². The first-order valence-corrected chi connectivity index (χ1v) is 7.17. The van der Waals surface area contributed by atoms with Crippen LogP contribution < -0.4 is 5.32 Å². The minimum atomic E-state index is -0.211. The second-order valence-corrected chi connectivity index (χ2v) is 5.03. The van der Waals surface area contributed by atoms with Crippen molar-refractivity contribution in [3.8, 4) is 0 Å². The fourth-order valence-corrected chi connectivity index (χ4v) is 2.50. The highest BCUT2D eigenvalue weighted by atomic mass is 19.1. The average molecular weight is 283 g/mol. The standard InChI is InChI=1S/C17H18FN3/c1-2-19-11-16-15-8-3-4-9-17(15)21(20-16)12-13-6-5-7-14(18)10-13/h3-10,19H,2,11-12H2,1H3. The Bertz CT molecular complexity index is 749. The van der Waals surface area contributed by atoms with Gasteiger partial charge in [0.15, 0.2) is 0 Å². The van der Waals surface area contributed by atoms with Crippen molar-refractivity contribution < 1.29 is 4.39 Å². The van der Waals surface area contributed by atoms with E-state index in [9.17, 15) is 4.39 Å². The van der Waals surface area contributed by atoms with E-state index in [1.807, 2.05) is 22.9 Å². The van der Waals surface area contributed by atoms with Crippen molar-refractivity contribution in [2.24, 2.45) is 0 Å². The Morgan fingerprint density at radius 2 is 2.00 bits per heavy atom. The Morgan fingerprint density at radius 1 is 1.14 bits per heavy atom. The van der Waals surface area contributed by atoms with Crippen LogP contribution in [0.4, 0.5) is 4.39 Å². The van der Waals surface area contributed by atoms with E-state index in [1.54, 1.807) is 12.1 Å². The predicted molar refractivity (Wildman–Crippen MR) is 82.6 cm³/mol. The molecular formula is C17H18FN3. The second kappa shape index (κ2) is 6.06. The predicted octanol–water partition coefficient (Wildman–Crippen LogP) is 3.33. The van der Waals surface area contributed by atoms with Gasteiger partial charge in [0.1, 0.15) is 5.82 Å². The molecule has 0 bridgehead atoms. The number of nitrogens with zero attached hydrogens (tertiary/aromatic N) is 2. The molecule has 0 unspecified atom stereocenters. The average Bonchev–Trinajstić information content (AvgIpc) is 2.84. The van der Waals surface area contributed by atoms with E-state index >= 15 is 0 Å². The van der Waals surface area contributed by atoms with Gasteiger partial charge in [-0.25, -0.2) is 4.39 Å². The van der Waals surface area contributed by atoms with Gasteiger partial charge in [0.25, 0.3) is 0 Å². The molecule has 0 aliphatic rings. The summed E-state index contributed by atoms with van der Waals surface area (Å²) in [6.07, 6.45) is 0. The minimum Gasteiger partial charge on any atom is -0.311 e. The third-order valence-electron chi connectivity index (χ3n) is 3.50. The minimum absolute atomic E-state index is 0.211. The Balaban J connectivity index is 1.98. The van der Waals surface area contributed by atoms with Gasteiger partial charge >= 0.3 is 0 Å². The SMILES string of the molecule is CCNCc1nn(Cc2cccc(F)c2)c2ccccc12. The van der Waals surface area contributed by atoms with Crippen molar-refractivity contribution in [2.75, 3.05) is 6.54 Å². The summed E-state index contributed by atoms with van der Waals surface area (Å²) in [7, 11) is 0. The first kappa shape index (κ1) is 13.8. The smallest absolute Gasteiger partial charge is 0.123 e. The van der Waals surface area contributed by atoms with Crippen LogP contribution in [0.15, 0.2) is 48.5 Å². The molecule has 1 aromatic heterocycles. The maximum Gasteiger partial charge on any atom is 0.123 e. The normalized spacial score (nSPS) is 11.1. The molecule has 0 amide bonds. The third kappa shape index (κ3) is 2.95. The lowest BCUT2D eigenvalue weighted by atomic mass is 10.2. The van der Waals surface area contributed by atoms with Gasteiger partial charge in [-0.05, 0) is 30.3 Å². The maximum atomic E-state index is 13.3. The van der Waals surface area contributed by atoms with E-state index < -0.39 is 0 Å². The molecule has 21 heavy (non-hydrogen) atoms. The van der Waals surface area contributed by atoms with E-state index in [-0.39, 0.29) is 5.82 Å². The summed E-state index contributed by atoms with van der Waals surface area (Å²) in [6, 6.07) is 14.8. The van der Waals surface area contributed by atoms with Crippen LogP contribution in [0.3, 0.4) is 0 Å². The van der Waals surface area contributed by atoms with E-state index in [1.165, 1.54) is 6.07 Å². The fourth-order valence-electron chi connectivity index (χ4n) is 2.50. The lowest BCUT2D eigenvalue weighted by molar-refractivity contribution is 0.618. The van der Waals surface area contributed by atoms with E-state index in [0.29, 0.717) is 6.54 Å². The highest BCUT2D eigenvalue weighted by Gasteiger charge is 2.10. The van der Waals surface area contributed by atoms with Crippen LogP contribution in [0.5, 0.6) is 0 Å². The number of halogens is 1. The topological polar surface area (TPSA) is 29.9 Å². The number of nitrogens with one attached hydrogen (secondary N) is 1. The van der Waals surface area contributed by atoms with Crippen molar-refractivity contribution in [3.63, 3.8) is 0 Å². The summed E-state index contributed by atoms with van der Waals surface area (Å²) in [5, 5.41) is 9.14. The maximum absolute atomic E-state index is 13.3. The molecule has 1 heterocycles. The lowest BCUT2D eigenvalue weighted by Crippen LogP contribution is -2.13. The summed E-state index contributed by atoms with van der Waals surface area (Å²) in [6.45, 7) is 4.30. The molecule has 0 saturated heterocycles.